The van der Waals surface area contributed by atoms with Crippen molar-refractivity contribution in [2.24, 2.45) is 0 Å². The molecule has 1 fully saturated rings. The summed E-state index contributed by atoms with van der Waals surface area (Å²) in [6.45, 7) is 6.58. The van der Waals surface area contributed by atoms with E-state index in [0.29, 0.717) is 12.2 Å². The Labute approximate surface area is 183 Å². The number of anilines is 1. The lowest BCUT2D eigenvalue weighted by atomic mass is 10.2. The molecule has 7 heteroatoms. The first-order valence-corrected chi connectivity index (χ1v) is 10.4. The van der Waals surface area contributed by atoms with E-state index in [0.717, 1.165) is 45.0 Å². The molecule has 1 saturated heterocycles. The van der Waals surface area contributed by atoms with Crippen molar-refractivity contribution in [1.82, 2.24) is 4.90 Å². The van der Waals surface area contributed by atoms with E-state index in [-0.39, 0.29) is 0 Å². The van der Waals surface area contributed by atoms with Gasteiger partial charge in [-0.2, -0.15) is 0 Å². The molecule has 2 aromatic rings. The lowest BCUT2D eigenvalue weighted by Gasteiger charge is -2.36. The van der Waals surface area contributed by atoms with Gasteiger partial charge >= 0.3 is 11.9 Å². The maximum Gasteiger partial charge on any atom is 0.328 e. The molecule has 31 heavy (non-hydrogen) atoms. The van der Waals surface area contributed by atoms with E-state index in [1.165, 1.54) is 18.7 Å². The smallest absolute Gasteiger partial charge is 0.328 e. The standard InChI is InChI=1S/C20H26N2O.C4H4O4/c1-3-9-19(10-4-1)22-16-14-21(15-17-22)13-7-8-18-23-20-11-5-2-6-12-20;5-3(6)1-2-4(7)8/h1-6,9-12H,7-8,13-18H2;1-2H,(H,5,6)(H,7,8)/b;2-1-. The molecule has 166 valence electrons. The highest BCUT2D eigenvalue weighted by Crippen LogP contribution is 2.15. The minimum absolute atomic E-state index is 0.558. The minimum atomic E-state index is -1.26. The molecule has 0 saturated carbocycles. The fraction of sp³-hybridized carbons (Fsp3) is 0.333. The SMILES string of the molecule is O=C(O)/C=C\C(=O)O.c1ccc(OCCCCN2CCN(c3ccccc3)CC2)cc1. The predicted molar refractivity (Wildman–Crippen MR) is 121 cm³/mol. The van der Waals surface area contributed by atoms with Gasteiger partial charge in [0.2, 0.25) is 0 Å². The summed E-state index contributed by atoms with van der Waals surface area (Å²) in [5.74, 6) is -1.54. The average molecular weight is 427 g/mol. The molecular weight excluding hydrogens is 396 g/mol. The molecule has 0 aromatic heterocycles. The normalized spacial score (nSPS) is 14.0. The van der Waals surface area contributed by atoms with Gasteiger partial charge in [0.1, 0.15) is 5.75 Å². The first kappa shape index (κ1) is 24.0. The average Bonchev–Trinajstić information content (AvgIpc) is 2.80. The van der Waals surface area contributed by atoms with Crippen molar-refractivity contribution in [2.45, 2.75) is 12.8 Å². The van der Waals surface area contributed by atoms with Gasteiger partial charge in [-0.3, -0.25) is 4.90 Å². The Bertz CT molecular complexity index is 787. The highest BCUT2D eigenvalue weighted by atomic mass is 16.5. The Morgan fingerprint density at radius 2 is 1.35 bits per heavy atom. The van der Waals surface area contributed by atoms with Crippen LogP contribution in [0.25, 0.3) is 0 Å². The molecular formula is C24H30N2O5. The van der Waals surface area contributed by atoms with Gasteiger partial charge in [0, 0.05) is 44.0 Å². The molecule has 3 rings (SSSR count). The third kappa shape index (κ3) is 10.3. The summed E-state index contributed by atoms with van der Waals surface area (Å²) in [7, 11) is 0. The van der Waals surface area contributed by atoms with Crippen LogP contribution < -0.4 is 9.64 Å². The fourth-order valence-corrected chi connectivity index (χ4v) is 3.16. The van der Waals surface area contributed by atoms with Crippen LogP contribution in [0.3, 0.4) is 0 Å². The van der Waals surface area contributed by atoms with E-state index in [9.17, 15) is 9.59 Å². The summed E-state index contributed by atoms with van der Waals surface area (Å²) in [5.41, 5.74) is 1.35. The first-order chi connectivity index (χ1) is 15.0. The van der Waals surface area contributed by atoms with Crippen LogP contribution in [-0.2, 0) is 9.59 Å². The third-order valence-electron chi connectivity index (χ3n) is 4.74. The van der Waals surface area contributed by atoms with Crippen LogP contribution in [0.1, 0.15) is 12.8 Å². The number of carboxylic acids is 2. The topological polar surface area (TPSA) is 90.3 Å². The molecule has 1 aliphatic heterocycles. The number of benzene rings is 2. The number of carboxylic acid groups (broad SMARTS) is 2. The van der Waals surface area contributed by atoms with E-state index >= 15 is 0 Å². The van der Waals surface area contributed by atoms with Gasteiger partial charge in [0.05, 0.1) is 6.61 Å². The molecule has 1 aliphatic rings. The van der Waals surface area contributed by atoms with Crippen molar-refractivity contribution in [3.63, 3.8) is 0 Å². The second kappa shape index (κ2) is 13.8. The van der Waals surface area contributed by atoms with Gasteiger partial charge in [-0.05, 0) is 43.7 Å². The van der Waals surface area contributed by atoms with Crippen LogP contribution in [0, 0.1) is 0 Å². The molecule has 0 aliphatic carbocycles. The molecule has 7 nitrogen and oxygen atoms in total. The summed E-state index contributed by atoms with van der Waals surface area (Å²) in [6, 6.07) is 20.8. The summed E-state index contributed by atoms with van der Waals surface area (Å²) < 4.78 is 5.74. The fourth-order valence-electron chi connectivity index (χ4n) is 3.16. The largest absolute Gasteiger partial charge is 0.494 e. The van der Waals surface area contributed by atoms with Crippen LogP contribution >= 0.6 is 0 Å². The van der Waals surface area contributed by atoms with Gasteiger partial charge < -0.3 is 19.8 Å². The lowest BCUT2D eigenvalue weighted by Crippen LogP contribution is -2.46. The second-order valence-corrected chi connectivity index (χ2v) is 7.04. The monoisotopic (exact) mass is 426 g/mol. The Morgan fingerprint density at radius 3 is 1.90 bits per heavy atom. The molecule has 0 atom stereocenters. The Morgan fingerprint density at radius 1 is 0.806 bits per heavy atom. The molecule has 0 amide bonds. The van der Waals surface area contributed by atoms with Crippen molar-refractivity contribution < 1.29 is 24.5 Å². The number of aliphatic carboxylic acids is 2. The number of ether oxygens (including phenoxy) is 1. The summed E-state index contributed by atoms with van der Waals surface area (Å²) in [6.07, 6.45) is 3.44. The van der Waals surface area contributed by atoms with E-state index in [4.69, 9.17) is 14.9 Å². The zero-order valence-electron chi connectivity index (χ0n) is 17.6. The molecule has 0 bridgehead atoms. The Kier molecular flexibility index (Phi) is 10.7. The van der Waals surface area contributed by atoms with Gasteiger partial charge in [-0.15, -0.1) is 0 Å². The number of hydrogen-bond acceptors (Lipinski definition) is 5. The predicted octanol–water partition coefficient (Wildman–Crippen LogP) is 3.38. The number of nitrogens with zero attached hydrogens (tertiary/aromatic N) is 2. The number of para-hydroxylation sites is 2. The van der Waals surface area contributed by atoms with Crippen LogP contribution in [-0.4, -0.2) is 66.4 Å². The number of piperazine rings is 1. The van der Waals surface area contributed by atoms with Crippen LogP contribution in [0.4, 0.5) is 5.69 Å². The van der Waals surface area contributed by atoms with E-state index in [1.54, 1.807) is 0 Å². The highest BCUT2D eigenvalue weighted by molar-refractivity contribution is 5.89. The van der Waals surface area contributed by atoms with Crippen molar-refractivity contribution in [3.05, 3.63) is 72.8 Å². The number of hydrogen-bond donors (Lipinski definition) is 2. The highest BCUT2D eigenvalue weighted by Gasteiger charge is 2.16. The van der Waals surface area contributed by atoms with Gasteiger partial charge in [-0.1, -0.05) is 36.4 Å². The first-order valence-electron chi connectivity index (χ1n) is 10.4. The zero-order chi connectivity index (χ0) is 22.3. The van der Waals surface area contributed by atoms with Crippen molar-refractivity contribution >= 4 is 17.6 Å². The van der Waals surface area contributed by atoms with Crippen LogP contribution in [0.2, 0.25) is 0 Å². The Hall–Kier alpha value is -3.32. The quantitative estimate of drug-likeness (QED) is 0.469. The minimum Gasteiger partial charge on any atom is -0.494 e. The van der Waals surface area contributed by atoms with Crippen LogP contribution in [0.15, 0.2) is 72.8 Å². The maximum absolute atomic E-state index is 9.55. The van der Waals surface area contributed by atoms with Gasteiger partial charge in [0.25, 0.3) is 0 Å². The summed E-state index contributed by atoms with van der Waals surface area (Å²) >= 11 is 0. The molecule has 1 heterocycles. The van der Waals surface area contributed by atoms with Crippen molar-refractivity contribution in [2.75, 3.05) is 44.2 Å². The molecule has 0 unspecified atom stereocenters. The lowest BCUT2D eigenvalue weighted by molar-refractivity contribution is -0.134. The molecule has 2 N–H and O–H groups in total. The van der Waals surface area contributed by atoms with E-state index in [2.05, 4.69) is 40.1 Å². The molecule has 2 aromatic carbocycles. The zero-order valence-corrected chi connectivity index (χ0v) is 17.6. The molecule has 0 spiro atoms. The summed E-state index contributed by atoms with van der Waals surface area (Å²) in [5, 5.41) is 15.6. The number of unbranched alkanes of at least 4 members (excludes halogenated alkanes) is 1. The maximum atomic E-state index is 9.55. The number of rotatable bonds is 9. The second-order valence-electron chi connectivity index (χ2n) is 7.04. The van der Waals surface area contributed by atoms with E-state index < -0.39 is 11.9 Å². The number of carbonyl (C=O) groups is 2. The van der Waals surface area contributed by atoms with Crippen molar-refractivity contribution in [1.29, 1.82) is 0 Å². The van der Waals surface area contributed by atoms with Gasteiger partial charge in [0.15, 0.2) is 0 Å². The van der Waals surface area contributed by atoms with E-state index in [1.807, 2.05) is 30.3 Å². The summed E-state index contributed by atoms with van der Waals surface area (Å²) in [4.78, 5) is 24.2. The third-order valence-corrected chi connectivity index (χ3v) is 4.74. The van der Waals surface area contributed by atoms with Gasteiger partial charge in [-0.25, -0.2) is 9.59 Å². The van der Waals surface area contributed by atoms with Crippen molar-refractivity contribution in [3.8, 4) is 5.75 Å². The van der Waals surface area contributed by atoms with Crippen LogP contribution in [0.5, 0.6) is 5.75 Å². The molecule has 0 radical (unpaired) electrons. The Balaban J connectivity index is 0.000000366.